The molecule has 0 spiro atoms. The first-order valence-corrected chi connectivity index (χ1v) is 6.86. The molecule has 110 valence electrons. The Labute approximate surface area is 117 Å². The molecule has 1 fully saturated rings. The van der Waals surface area contributed by atoms with E-state index < -0.39 is 11.8 Å². The monoisotopic (exact) mass is 282 g/mol. The molecule has 0 aliphatic carbocycles. The molecule has 0 bridgehead atoms. The lowest BCUT2D eigenvalue weighted by atomic mass is 9.81. The van der Waals surface area contributed by atoms with Crippen LogP contribution < -0.4 is 10.6 Å². The number of carbonyl (C=O) groups is 1. The van der Waals surface area contributed by atoms with E-state index in [9.17, 15) is 13.6 Å². The zero-order chi connectivity index (χ0) is 14.6. The SMILES string of the molecule is CC1(CNC(=O)C(F)(F)c2ccccc2)CCNCC1. The van der Waals surface area contributed by atoms with Gasteiger partial charge in [0.1, 0.15) is 0 Å². The topological polar surface area (TPSA) is 41.1 Å². The Bertz CT molecular complexity index is 456. The molecule has 1 saturated heterocycles. The number of alkyl halides is 2. The van der Waals surface area contributed by atoms with E-state index in [2.05, 4.69) is 10.6 Å². The summed E-state index contributed by atoms with van der Waals surface area (Å²) in [6, 6.07) is 7.19. The van der Waals surface area contributed by atoms with Crippen molar-refractivity contribution in [2.45, 2.75) is 25.7 Å². The van der Waals surface area contributed by atoms with Gasteiger partial charge in [-0.2, -0.15) is 8.78 Å². The van der Waals surface area contributed by atoms with E-state index in [4.69, 9.17) is 0 Å². The molecule has 1 heterocycles. The number of carbonyl (C=O) groups excluding carboxylic acids is 1. The van der Waals surface area contributed by atoms with Gasteiger partial charge in [0.15, 0.2) is 0 Å². The van der Waals surface area contributed by atoms with Crippen molar-refractivity contribution in [1.29, 1.82) is 0 Å². The Balaban J connectivity index is 1.97. The Morgan fingerprint density at radius 2 is 1.90 bits per heavy atom. The summed E-state index contributed by atoms with van der Waals surface area (Å²) in [5, 5.41) is 5.64. The molecule has 20 heavy (non-hydrogen) atoms. The van der Waals surface area contributed by atoms with Gasteiger partial charge in [-0.05, 0) is 31.3 Å². The first kappa shape index (κ1) is 14.9. The summed E-state index contributed by atoms with van der Waals surface area (Å²) < 4.78 is 28.0. The highest BCUT2D eigenvalue weighted by Gasteiger charge is 2.41. The zero-order valence-electron chi connectivity index (χ0n) is 11.6. The number of hydrogen-bond acceptors (Lipinski definition) is 2. The molecular formula is C15H20F2N2O. The maximum absolute atomic E-state index is 14.0. The van der Waals surface area contributed by atoms with Gasteiger partial charge in [0.2, 0.25) is 0 Å². The third-order valence-electron chi connectivity index (χ3n) is 3.91. The van der Waals surface area contributed by atoms with Crippen LogP contribution in [0.15, 0.2) is 30.3 Å². The number of benzene rings is 1. The van der Waals surface area contributed by atoms with Crippen LogP contribution in [0.1, 0.15) is 25.3 Å². The van der Waals surface area contributed by atoms with Crippen LogP contribution in [0.4, 0.5) is 8.78 Å². The van der Waals surface area contributed by atoms with Crippen molar-refractivity contribution in [3.8, 4) is 0 Å². The van der Waals surface area contributed by atoms with Gasteiger partial charge < -0.3 is 10.6 Å². The minimum absolute atomic E-state index is 0.103. The molecule has 0 aromatic heterocycles. The smallest absolute Gasteiger partial charge is 0.349 e. The quantitative estimate of drug-likeness (QED) is 0.889. The van der Waals surface area contributed by atoms with Crippen LogP contribution in [0.5, 0.6) is 0 Å². The molecule has 2 N–H and O–H groups in total. The molecule has 1 aromatic carbocycles. The summed E-state index contributed by atoms with van der Waals surface area (Å²) in [6.07, 6.45) is 1.76. The summed E-state index contributed by atoms with van der Waals surface area (Å²) in [6.45, 7) is 4.04. The highest BCUT2D eigenvalue weighted by molar-refractivity contribution is 5.84. The highest BCUT2D eigenvalue weighted by Crippen LogP contribution is 2.30. The van der Waals surface area contributed by atoms with E-state index in [1.54, 1.807) is 6.07 Å². The van der Waals surface area contributed by atoms with Crippen LogP contribution in [0.2, 0.25) is 0 Å². The first-order chi connectivity index (χ1) is 9.44. The van der Waals surface area contributed by atoms with E-state index in [0.29, 0.717) is 0 Å². The lowest BCUT2D eigenvalue weighted by Gasteiger charge is -2.34. The van der Waals surface area contributed by atoms with Crippen molar-refractivity contribution in [3.63, 3.8) is 0 Å². The first-order valence-electron chi connectivity index (χ1n) is 6.86. The van der Waals surface area contributed by atoms with E-state index in [1.807, 2.05) is 6.92 Å². The van der Waals surface area contributed by atoms with E-state index in [0.717, 1.165) is 25.9 Å². The Hall–Kier alpha value is -1.49. The van der Waals surface area contributed by atoms with Gasteiger partial charge in [0, 0.05) is 12.1 Å². The van der Waals surface area contributed by atoms with Crippen LogP contribution >= 0.6 is 0 Å². The second kappa shape index (κ2) is 5.87. The summed E-state index contributed by atoms with van der Waals surface area (Å²) >= 11 is 0. The van der Waals surface area contributed by atoms with Gasteiger partial charge in [0.25, 0.3) is 5.91 Å². The molecule has 3 nitrogen and oxygen atoms in total. The predicted octanol–water partition coefficient (Wildman–Crippen LogP) is 2.28. The van der Waals surface area contributed by atoms with Gasteiger partial charge in [0.05, 0.1) is 0 Å². The van der Waals surface area contributed by atoms with Gasteiger partial charge in [-0.1, -0.05) is 37.3 Å². The number of nitrogens with one attached hydrogen (secondary N) is 2. The normalized spacial score (nSPS) is 18.6. The number of halogens is 2. The summed E-state index contributed by atoms with van der Waals surface area (Å²) in [4.78, 5) is 11.8. The van der Waals surface area contributed by atoms with Gasteiger partial charge in [-0.25, -0.2) is 0 Å². The summed E-state index contributed by atoms with van der Waals surface area (Å²) in [5.41, 5.74) is -0.374. The molecule has 5 heteroatoms. The standard InChI is InChI=1S/C15H20F2N2O/c1-14(7-9-18-10-8-14)11-19-13(20)15(16,17)12-5-3-2-4-6-12/h2-6,18H,7-11H2,1H3,(H,19,20). The van der Waals surface area contributed by atoms with Crippen molar-refractivity contribution < 1.29 is 13.6 Å². The van der Waals surface area contributed by atoms with Gasteiger partial charge in [-0.15, -0.1) is 0 Å². The predicted molar refractivity (Wildman–Crippen MR) is 73.6 cm³/mol. The maximum atomic E-state index is 14.0. The van der Waals surface area contributed by atoms with Crippen molar-refractivity contribution in [1.82, 2.24) is 10.6 Å². The Kier molecular flexibility index (Phi) is 4.38. The number of amides is 1. The fraction of sp³-hybridized carbons (Fsp3) is 0.533. The summed E-state index contributed by atoms with van der Waals surface area (Å²) in [7, 11) is 0. The molecule has 1 aliphatic rings. The van der Waals surface area contributed by atoms with Crippen molar-refractivity contribution in [3.05, 3.63) is 35.9 Å². The zero-order valence-corrected chi connectivity index (χ0v) is 11.6. The van der Waals surface area contributed by atoms with Crippen LogP contribution in [0.25, 0.3) is 0 Å². The molecule has 0 saturated carbocycles. The molecular weight excluding hydrogens is 262 g/mol. The second-order valence-electron chi connectivity index (χ2n) is 5.68. The number of rotatable bonds is 4. The third kappa shape index (κ3) is 3.33. The van der Waals surface area contributed by atoms with Crippen molar-refractivity contribution in [2.75, 3.05) is 19.6 Å². The fourth-order valence-corrected chi connectivity index (χ4v) is 2.39. The third-order valence-corrected chi connectivity index (χ3v) is 3.91. The lowest BCUT2D eigenvalue weighted by Crippen LogP contribution is -2.46. The highest BCUT2D eigenvalue weighted by atomic mass is 19.3. The second-order valence-corrected chi connectivity index (χ2v) is 5.68. The molecule has 0 unspecified atom stereocenters. The lowest BCUT2D eigenvalue weighted by molar-refractivity contribution is -0.147. The average Bonchev–Trinajstić information content (AvgIpc) is 2.46. The van der Waals surface area contributed by atoms with Crippen LogP contribution in [-0.4, -0.2) is 25.5 Å². The van der Waals surface area contributed by atoms with Crippen molar-refractivity contribution in [2.24, 2.45) is 5.41 Å². The molecule has 1 aromatic rings. The van der Waals surface area contributed by atoms with Crippen LogP contribution in [0.3, 0.4) is 0 Å². The number of piperidine rings is 1. The molecule has 1 amide bonds. The van der Waals surface area contributed by atoms with Crippen LogP contribution in [-0.2, 0) is 10.7 Å². The van der Waals surface area contributed by atoms with E-state index in [-0.39, 0.29) is 17.5 Å². The van der Waals surface area contributed by atoms with Gasteiger partial charge in [-0.3, -0.25) is 4.79 Å². The Morgan fingerprint density at radius 1 is 1.30 bits per heavy atom. The minimum atomic E-state index is -3.48. The summed E-state index contributed by atoms with van der Waals surface area (Å²) in [5.74, 6) is -4.70. The minimum Gasteiger partial charge on any atom is -0.350 e. The fourth-order valence-electron chi connectivity index (χ4n) is 2.39. The molecule has 2 rings (SSSR count). The molecule has 1 aliphatic heterocycles. The van der Waals surface area contributed by atoms with E-state index >= 15 is 0 Å². The Morgan fingerprint density at radius 3 is 2.50 bits per heavy atom. The van der Waals surface area contributed by atoms with E-state index in [1.165, 1.54) is 24.3 Å². The van der Waals surface area contributed by atoms with Gasteiger partial charge >= 0.3 is 5.92 Å². The number of hydrogen-bond donors (Lipinski definition) is 2. The van der Waals surface area contributed by atoms with Crippen LogP contribution in [0, 0.1) is 5.41 Å². The van der Waals surface area contributed by atoms with Crippen molar-refractivity contribution >= 4 is 5.91 Å². The molecule has 0 atom stereocenters. The molecule has 0 radical (unpaired) electrons. The average molecular weight is 282 g/mol. The largest absolute Gasteiger partial charge is 0.350 e. The maximum Gasteiger partial charge on any atom is 0.349 e.